The van der Waals surface area contributed by atoms with Gasteiger partial charge in [0.05, 0.1) is 0 Å². The summed E-state index contributed by atoms with van der Waals surface area (Å²) in [6.45, 7) is 4.60. The van der Waals surface area contributed by atoms with E-state index in [0.717, 1.165) is 17.5 Å². The Hall–Kier alpha value is -0.570. The summed E-state index contributed by atoms with van der Waals surface area (Å²) in [6.07, 6.45) is 3.93. The van der Waals surface area contributed by atoms with Crippen LogP contribution in [0.15, 0.2) is 24.3 Å². The Labute approximate surface area is 115 Å². The van der Waals surface area contributed by atoms with Gasteiger partial charge in [0.2, 0.25) is 0 Å². The minimum Gasteiger partial charge on any atom is -0.313 e. The van der Waals surface area contributed by atoms with Crippen LogP contribution in [0.3, 0.4) is 0 Å². The van der Waals surface area contributed by atoms with Crippen molar-refractivity contribution in [3.8, 4) is 0 Å². The van der Waals surface area contributed by atoms with Crippen LogP contribution in [0.2, 0.25) is 5.02 Å². The molecule has 0 heterocycles. The Morgan fingerprint density at radius 2 is 2.00 bits per heavy atom. The summed E-state index contributed by atoms with van der Waals surface area (Å²) >= 11 is 5.93. The number of hydrogen-bond acceptors (Lipinski definition) is 2. The lowest BCUT2D eigenvalue weighted by Crippen LogP contribution is -2.30. The molecule has 2 nitrogen and oxygen atoms in total. The zero-order valence-corrected chi connectivity index (χ0v) is 12.1. The molecule has 1 N–H and O–H groups in total. The molecule has 1 aliphatic rings. The van der Waals surface area contributed by atoms with Crippen molar-refractivity contribution in [2.75, 3.05) is 20.1 Å². The fourth-order valence-electron chi connectivity index (χ4n) is 2.51. The molecule has 0 bridgehead atoms. The van der Waals surface area contributed by atoms with Gasteiger partial charge in [0.25, 0.3) is 0 Å². The van der Waals surface area contributed by atoms with E-state index >= 15 is 0 Å². The second kappa shape index (κ2) is 6.55. The average molecular weight is 267 g/mol. The fourth-order valence-corrected chi connectivity index (χ4v) is 2.63. The van der Waals surface area contributed by atoms with Crippen LogP contribution in [0.4, 0.5) is 0 Å². The van der Waals surface area contributed by atoms with E-state index in [4.69, 9.17) is 11.6 Å². The summed E-state index contributed by atoms with van der Waals surface area (Å²) in [7, 11) is 2.03. The quantitative estimate of drug-likeness (QED) is 0.813. The predicted molar refractivity (Wildman–Crippen MR) is 78.1 cm³/mol. The third-order valence-electron chi connectivity index (χ3n) is 3.80. The number of benzene rings is 1. The van der Waals surface area contributed by atoms with E-state index in [1.807, 2.05) is 19.2 Å². The SMILES string of the molecule is CCN(CCC(NC)c1ccc(Cl)cc1)C1CC1. The first kappa shape index (κ1) is 13.9. The van der Waals surface area contributed by atoms with Crippen molar-refractivity contribution in [2.45, 2.75) is 38.3 Å². The van der Waals surface area contributed by atoms with E-state index in [2.05, 4.69) is 29.3 Å². The van der Waals surface area contributed by atoms with Crippen molar-refractivity contribution in [2.24, 2.45) is 0 Å². The highest BCUT2D eigenvalue weighted by atomic mass is 35.5. The molecule has 0 aliphatic heterocycles. The molecule has 0 aromatic heterocycles. The minimum absolute atomic E-state index is 0.426. The van der Waals surface area contributed by atoms with Crippen LogP contribution in [-0.4, -0.2) is 31.1 Å². The molecule has 1 saturated carbocycles. The largest absolute Gasteiger partial charge is 0.313 e. The summed E-state index contributed by atoms with van der Waals surface area (Å²) in [5.74, 6) is 0. The summed E-state index contributed by atoms with van der Waals surface area (Å²) < 4.78 is 0. The highest BCUT2D eigenvalue weighted by Crippen LogP contribution is 2.28. The highest BCUT2D eigenvalue weighted by molar-refractivity contribution is 6.30. The van der Waals surface area contributed by atoms with Gasteiger partial charge in [-0.15, -0.1) is 0 Å². The van der Waals surface area contributed by atoms with Gasteiger partial charge in [-0.25, -0.2) is 0 Å². The monoisotopic (exact) mass is 266 g/mol. The average Bonchev–Trinajstić information content (AvgIpc) is 3.21. The van der Waals surface area contributed by atoms with E-state index in [1.54, 1.807) is 0 Å². The summed E-state index contributed by atoms with van der Waals surface area (Å²) in [6, 6.07) is 9.47. The molecular weight excluding hydrogens is 244 g/mol. The number of hydrogen-bond donors (Lipinski definition) is 1. The van der Waals surface area contributed by atoms with Crippen molar-refractivity contribution in [3.63, 3.8) is 0 Å². The van der Waals surface area contributed by atoms with E-state index < -0.39 is 0 Å². The van der Waals surface area contributed by atoms with Crippen molar-refractivity contribution >= 4 is 11.6 Å². The van der Waals surface area contributed by atoms with E-state index in [1.165, 1.54) is 31.5 Å². The van der Waals surface area contributed by atoms with Gasteiger partial charge in [-0.05, 0) is 50.6 Å². The molecule has 1 unspecified atom stereocenters. The fraction of sp³-hybridized carbons (Fsp3) is 0.600. The lowest BCUT2D eigenvalue weighted by atomic mass is 10.0. The molecule has 1 fully saturated rings. The summed E-state index contributed by atoms with van der Waals surface area (Å²) in [5.41, 5.74) is 1.33. The molecule has 100 valence electrons. The first-order valence-corrected chi connectivity index (χ1v) is 7.29. The van der Waals surface area contributed by atoms with Gasteiger partial charge in [-0.3, -0.25) is 0 Å². The van der Waals surface area contributed by atoms with Gasteiger partial charge >= 0.3 is 0 Å². The second-order valence-electron chi connectivity index (χ2n) is 5.04. The number of rotatable bonds is 7. The zero-order valence-electron chi connectivity index (χ0n) is 11.3. The lowest BCUT2D eigenvalue weighted by Gasteiger charge is -2.24. The highest BCUT2D eigenvalue weighted by Gasteiger charge is 2.27. The first-order chi connectivity index (χ1) is 8.74. The van der Waals surface area contributed by atoms with Gasteiger partial charge in [-0.2, -0.15) is 0 Å². The molecule has 0 saturated heterocycles. The maximum atomic E-state index is 5.93. The maximum absolute atomic E-state index is 5.93. The molecule has 1 aromatic rings. The predicted octanol–water partition coefficient (Wildman–Crippen LogP) is 3.47. The van der Waals surface area contributed by atoms with Crippen molar-refractivity contribution in [1.82, 2.24) is 10.2 Å². The topological polar surface area (TPSA) is 15.3 Å². The maximum Gasteiger partial charge on any atom is 0.0406 e. The molecule has 1 aliphatic carbocycles. The van der Waals surface area contributed by atoms with Crippen LogP contribution in [0.25, 0.3) is 0 Å². The van der Waals surface area contributed by atoms with Crippen LogP contribution >= 0.6 is 11.6 Å². The molecular formula is C15H23ClN2. The number of nitrogens with one attached hydrogen (secondary N) is 1. The van der Waals surface area contributed by atoms with E-state index in [9.17, 15) is 0 Å². The molecule has 0 spiro atoms. The molecule has 1 atom stereocenters. The van der Waals surface area contributed by atoms with Gasteiger partial charge < -0.3 is 10.2 Å². The Bertz CT molecular complexity index is 359. The van der Waals surface area contributed by atoms with Crippen LogP contribution in [-0.2, 0) is 0 Å². The Morgan fingerprint density at radius 1 is 1.33 bits per heavy atom. The van der Waals surface area contributed by atoms with Gasteiger partial charge in [0.15, 0.2) is 0 Å². The van der Waals surface area contributed by atoms with Gasteiger partial charge in [-0.1, -0.05) is 30.7 Å². The third kappa shape index (κ3) is 3.71. The molecule has 18 heavy (non-hydrogen) atoms. The standard InChI is InChI=1S/C15H23ClN2/c1-3-18(14-8-9-14)11-10-15(17-2)12-4-6-13(16)7-5-12/h4-7,14-15,17H,3,8-11H2,1-2H3. The third-order valence-corrected chi connectivity index (χ3v) is 4.05. The van der Waals surface area contributed by atoms with Crippen LogP contribution in [0.1, 0.15) is 37.8 Å². The normalized spacial score (nSPS) is 17.1. The zero-order chi connectivity index (χ0) is 13.0. The molecule has 2 rings (SSSR count). The van der Waals surface area contributed by atoms with Crippen molar-refractivity contribution < 1.29 is 0 Å². The number of halogens is 1. The molecule has 0 radical (unpaired) electrons. The molecule has 3 heteroatoms. The summed E-state index contributed by atoms with van der Waals surface area (Å²) in [4.78, 5) is 2.60. The molecule has 0 amide bonds. The van der Waals surface area contributed by atoms with Crippen LogP contribution in [0, 0.1) is 0 Å². The Balaban J connectivity index is 1.90. The lowest BCUT2D eigenvalue weighted by molar-refractivity contribution is 0.261. The smallest absolute Gasteiger partial charge is 0.0406 e. The van der Waals surface area contributed by atoms with Gasteiger partial charge in [0, 0.05) is 23.7 Å². The minimum atomic E-state index is 0.426. The molecule has 1 aromatic carbocycles. The van der Waals surface area contributed by atoms with Crippen molar-refractivity contribution in [3.05, 3.63) is 34.9 Å². The second-order valence-corrected chi connectivity index (χ2v) is 5.48. The Morgan fingerprint density at radius 3 is 2.50 bits per heavy atom. The Kier molecular flexibility index (Phi) is 5.04. The first-order valence-electron chi connectivity index (χ1n) is 6.91. The van der Waals surface area contributed by atoms with E-state index in [0.29, 0.717) is 6.04 Å². The van der Waals surface area contributed by atoms with Crippen LogP contribution < -0.4 is 5.32 Å². The van der Waals surface area contributed by atoms with Crippen LogP contribution in [0.5, 0.6) is 0 Å². The summed E-state index contributed by atoms with van der Waals surface area (Å²) in [5, 5.41) is 4.21. The van der Waals surface area contributed by atoms with E-state index in [-0.39, 0.29) is 0 Å². The number of nitrogens with zero attached hydrogens (tertiary/aromatic N) is 1. The van der Waals surface area contributed by atoms with Gasteiger partial charge in [0.1, 0.15) is 0 Å². The van der Waals surface area contributed by atoms with Crippen molar-refractivity contribution in [1.29, 1.82) is 0 Å².